The molecule has 0 spiro atoms. The fourth-order valence-electron chi connectivity index (χ4n) is 1.10. The minimum atomic E-state index is -0.00495. The summed E-state index contributed by atoms with van der Waals surface area (Å²) in [6, 6.07) is 0. The molecule has 0 aromatic carbocycles. The topological polar surface area (TPSA) is 0 Å². The van der Waals surface area contributed by atoms with Crippen LogP contribution in [0.15, 0.2) is 23.7 Å². The van der Waals surface area contributed by atoms with Gasteiger partial charge in [-0.05, 0) is 36.6 Å². The van der Waals surface area contributed by atoms with E-state index in [-0.39, 0.29) is 7.53 Å². The average molecular weight is 201 g/mol. The standard InChI is InChI=1S/C10H14ClP/c1-9-7-12(8-10(9)2)6-4-3-5-11/h3-4,7-8H,5-6H2,1-2H3/b4-3+. The lowest BCUT2D eigenvalue weighted by molar-refractivity contribution is 1.41. The third kappa shape index (κ3) is 2.69. The van der Waals surface area contributed by atoms with Crippen molar-refractivity contribution >= 4 is 19.1 Å². The Balaban J connectivity index is 2.58. The van der Waals surface area contributed by atoms with Gasteiger partial charge in [0.2, 0.25) is 0 Å². The third-order valence-electron chi connectivity index (χ3n) is 1.91. The Kier molecular flexibility index (Phi) is 3.91. The predicted molar refractivity (Wildman–Crippen MR) is 58.5 cm³/mol. The zero-order valence-corrected chi connectivity index (χ0v) is 9.20. The van der Waals surface area contributed by atoms with E-state index >= 15 is 0 Å². The van der Waals surface area contributed by atoms with E-state index in [1.54, 1.807) is 0 Å². The first-order valence-electron chi connectivity index (χ1n) is 4.08. The van der Waals surface area contributed by atoms with E-state index in [0.717, 1.165) is 6.16 Å². The molecule has 0 aliphatic carbocycles. The SMILES string of the molecule is Cc1cp(C/C=C/CCl)cc1C. The summed E-state index contributed by atoms with van der Waals surface area (Å²) in [6.07, 6.45) is 5.35. The van der Waals surface area contributed by atoms with Gasteiger partial charge in [0.05, 0.1) is 0 Å². The van der Waals surface area contributed by atoms with E-state index < -0.39 is 0 Å². The molecule has 1 heterocycles. The van der Waals surface area contributed by atoms with Gasteiger partial charge >= 0.3 is 0 Å². The number of hydrogen-bond acceptors (Lipinski definition) is 0. The summed E-state index contributed by atoms with van der Waals surface area (Å²) in [5, 5.41) is 0. The minimum Gasteiger partial charge on any atom is -0.122 e. The molecule has 0 saturated carbocycles. The zero-order valence-electron chi connectivity index (χ0n) is 7.55. The fraction of sp³-hybridized carbons (Fsp3) is 0.400. The maximum absolute atomic E-state index is 5.53. The number of rotatable bonds is 3. The fourth-order valence-corrected chi connectivity index (χ4v) is 3.31. The average Bonchev–Trinajstić information content (AvgIpc) is 2.32. The molecule has 0 fully saturated rings. The van der Waals surface area contributed by atoms with E-state index in [4.69, 9.17) is 11.6 Å². The van der Waals surface area contributed by atoms with E-state index in [9.17, 15) is 0 Å². The minimum absolute atomic E-state index is 0.00495. The highest BCUT2D eigenvalue weighted by Gasteiger charge is 1.96. The largest absolute Gasteiger partial charge is 0.122 e. The Bertz CT molecular complexity index is 254. The van der Waals surface area contributed by atoms with Crippen LogP contribution in [0, 0.1) is 13.8 Å². The Hall–Kier alpha value is -0.190. The molecule has 2 heteroatoms. The number of aryl methyl sites for hydroxylation is 2. The van der Waals surface area contributed by atoms with Crippen LogP contribution < -0.4 is 0 Å². The van der Waals surface area contributed by atoms with Crippen molar-refractivity contribution in [1.29, 1.82) is 0 Å². The molecule has 0 atom stereocenters. The molecule has 66 valence electrons. The van der Waals surface area contributed by atoms with Crippen molar-refractivity contribution in [1.82, 2.24) is 0 Å². The molecule has 1 rings (SSSR count). The molecule has 12 heavy (non-hydrogen) atoms. The Morgan fingerprint density at radius 1 is 1.25 bits per heavy atom. The van der Waals surface area contributed by atoms with Crippen molar-refractivity contribution in [2.45, 2.75) is 20.0 Å². The predicted octanol–water partition coefficient (Wildman–Crippen LogP) is 4.09. The quantitative estimate of drug-likeness (QED) is 0.509. The molecule has 0 nitrogen and oxygen atoms in total. The molecular weight excluding hydrogens is 187 g/mol. The first-order chi connectivity index (χ1) is 5.74. The second kappa shape index (κ2) is 4.74. The normalized spacial score (nSPS) is 11.2. The van der Waals surface area contributed by atoms with Gasteiger partial charge in [-0.2, -0.15) is 0 Å². The van der Waals surface area contributed by atoms with Crippen LogP contribution in [0.1, 0.15) is 11.1 Å². The number of hydrogen-bond donors (Lipinski definition) is 0. The molecule has 1 aromatic heterocycles. The summed E-state index contributed by atoms with van der Waals surface area (Å²) in [7, 11) is -0.00495. The summed E-state index contributed by atoms with van der Waals surface area (Å²) in [6.45, 7) is 4.36. The Morgan fingerprint density at radius 2 is 1.83 bits per heavy atom. The Labute approximate surface area is 80.3 Å². The molecule has 0 bridgehead atoms. The lowest BCUT2D eigenvalue weighted by Gasteiger charge is -1.88. The van der Waals surface area contributed by atoms with Crippen molar-refractivity contribution in [2.24, 2.45) is 0 Å². The molecule has 0 aliphatic heterocycles. The van der Waals surface area contributed by atoms with Crippen molar-refractivity contribution in [3.05, 3.63) is 34.9 Å². The summed E-state index contributed by atoms with van der Waals surface area (Å²) >= 11 is 5.53. The van der Waals surface area contributed by atoms with Gasteiger partial charge in [0, 0.05) is 12.0 Å². The smallest absolute Gasteiger partial charge is 0.0404 e. The highest BCUT2D eigenvalue weighted by molar-refractivity contribution is 7.47. The molecule has 0 radical (unpaired) electrons. The van der Waals surface area contributed by atoms with Gasteiger partial charge in [-0.1, -0.05) is 12.2 Å². The van der Waals surface area contributed by atoms with Gasteiger partial charge in [-0.3, -0.25) is 0 Å². The molecule has 0 aliphatic rings. The monoisotopic (exact) mass is 200 g/mol. The number of halogens is 1. The van der Waals surface area contributed by atoms with E-state index in [0.29, 0.717) is 5.88 Å². The zero-order chi connectivity index (χ0) is 8.97. The van der Waals surface area contributed by atoms with Crippen LogP contribution in [0.2, 0.25) is 0 Å². The van der Waals surface area contributed by atoms with Gasteiger partial charge in [0.15, 0.2) is 0 Å². The summed E-state index contributed by atoms with van der Waals surface area (Å²) in [5.41, 5.74) is 2.89. The Morgan fingerprint density at radius 3 is 2.33 bits per heavy atom. The van der Waals surface area contributed by atoms with Crippen LogP contribution in [0.3, 0.4) is 0 Å². The van der Waals surface area contributed by atoms with E-state index in [2.05, 4.69) is 31.5 Å². The highest BCUT2D eigenvalue weighted by atomic mass is 35.5. The van der Waals surface area contributed by atoms with Crippen LogP contribution in [0.25, 0.3) is 0 Å². The second-order valence-electron chi connectivity index (χ2n) is 2.95. The highest BCUT2D eigenvalue weighted by Crippen LogP contribution is 2.33. The van der Waals surface area contributed by atoms with Crippen LogP contribution in [0.4, 0.5) is 0 Å². The van der Waals surface area contributed by atoms with Gasteiger partial charge < -0.3 is 0 Å². The van der Waals surface area contributed by atoms with Crippen molar-refractivity contribution < 1.29 is 0 Å². The van der Waals surface area contributed by atoms with Crippen molar-refractivity contribution in [3.8, 4) is 0 Å². The number of allylic oxidation sites excluding steroid dienone is 2. The molecule has 0 saturated heterocycles. The number of alkyl halides is 1. The molecule has 1 aromatic rings. The van der Waals surface area contributed by atoms with Crippen LogP contribution >= 0.6 is 19.1 Å². The van der Waals surface area contributed by atoms with Gasteiger partial charge in [0.1, 0.15) is 0 Å². The third-order valence-corrected chi connectivity index (χ3v) is 4.16. The van der Waals surface area contributed by atoms with Gasteiger partial charge in [-0.15, -0.1) is 19.1 Å². The van der Waals surface area contributed by atoms with Crippen molar-refractivity contribution in [2.75, 3.05) is 5.88 Å². The maximum atomic E-state index is 5.53. The lowest BCUT2D eigenvalue weighted by Crippen LogP contribution is -1.63. The second-order valence-corrected chi connectivity index (χ2v) is 5.17. The summed E-state index contributed by atoms with van der Waals surface area (Å²) in [5.74, 6) is 5.39. The van der Waals surface area contributed by atoms with Crippen LogP contribution in [-0.4, -0.2) is 5.88 Å². The molecule has 0 N–H and O–H groups in total. The summed E-state index contributed by atoms with van der Waals surface area (Å²) < 4.78 is 0. The first kappa shape index (κ1) is 9.89. The maximum Gasteiger partial charge on any atom is 0.0404 e. The molecule has 0 unspecified atom stereocenters. The molecule has 0 amide bonds. The first-order valence-corrected chi connectivity index (χ1v) is 6.28. The van der Waals surface area contributed by atoms with Crippen LogP contribution in [0.5, 0.6) is 0 Å². The van der Waals surface area contributed by atoms with E-state index in [1.807, 2.05) is 6.08 Å². The van der Waals surface area contributed by atoms with Crippen molar-refractivity contribution in [3.63, 3.8) is 0 Å². The van der Waals surface area contributed by atoms with Gasteiger partial charge in [-0.25, -0.2) is 0 Å². The van der Waals surface area contributed by atoms with Gasteiger partial charge in [0.25, 0.3) is 0 Å². The summed E-state index contributed by atoms with van der Waals surface area (Å²) in [4.78, 5) is 0. The van der Waals surface area contributed by atoms with E-state index in [1.165, 1.54) is 11.1 Å². The molecular formula is C10H14ClP. The van der Waals surface area contributed by atoms with Crippen LogP contribution in [-0.2, 0) is 6.16 Å². The lowest BCUT2D eigenvalue weighted by atomic mass is 10.2.